The van der Waals surface area contributed by atoms with Gasteiger partial charge in [-0.2, -0.15) is 0 Å². The molecule has 1 fully saturated rings. The van der Waals surface area contributed by atoms with Crippen LogP contribution in [0.4, 0.5) is 0 Å². The Morgan fingerprint density at radius 2 is 2.06 bits per heavy atom. The minimum Gasteiger partial charge on any atom is -0.330 e. The molecule has 1 saturated carbocycles. The van der Waals surface area contributed by atoms with Crippen molar-refractivity contribution in [1.29, 1.82) is 0 Å². The molecule has 100 valence electrons. The minimum atomic E-state index is 0.720. The summed E-state index contributed by atoms with van der Waals surface area (Å²) in [4.78, 5) is 0. The average molecular weight is 246 g/mol. The van der Waals surface area contributed by atoms with E-state index in [1.807, 2.05) is 0 Å². The molecule has 18 heavy (non-hydrogen) atoms. The Morgan fingerprint density at radius 1 is 1.28 bits per heavy atom. The maximum atomic E-state index is 5.56. The van der Waals surface area contributed by atoms with Crippen LogP contribution in [0.5, 0.6) is 0 Å². The lowest BCUT2D eigenvalue weighted by Crippen LogP contribution is -2.20. The van der Waals surface area contributed by atoms with Crippen molar-refractivity contribution in [2.24, 2.45) is 11.7 Å². The molecule has 0 amide bonds. The second-order valence-electron chi connectivity index (χ2n) is 5.64. The Hall–Kier alpha value is -0.860. The normalized spacial score (nSPS) is 23.9. The maximum Gasteiger partial charge on any atom is 0.0143 e. The van der Waals surface area contributed by atoms with Gasteiger partial charge in [0.15, 0.2) is 0 Å². The van der Waals surface area contributed by atoms with Gasteiger partial charge >= 0.3 is 0 Å². The Kier molecular flexibility index (Phi) is 5.21. The third-order valence-corrected chi connectivity index (χ3v) is 3.96. The Labute approximate surface area is 111 Å². The lowest BCUT2D eigenvalue weighted by atomic mass is 10.0. The second kappa shape index (κ2) is 6.91. The van der Waals surface area contributed by atoms with Crippen molar-refractivity contribution in [2.75, 3.05) is 13.1 Å². The molecule has 0 bridgehead atoms. The first-order valence-corrected chi connectivity index (χ1v) is 7.29. The lowest BCUT2D eigenvalue weighted by molar-refractivity contribution is 0.467. The molecule has 0 aromatic heterocycles. The Bertz CT molecular complexity index is 336. The van der Waals surface area contributed by atoms with Crippen LogP contribution >= 0.6 is 0 Å². The smallest absolute Gasteiger partial charge is 0.0143 e. The molecule has 0 saturated heterocycles. The summed E-state index contributed by atoms with van der Waals surface area (Å²) in [5.41, 5.74) is 7.05. The molecule has 2 rings (SSSR count). The standard InChI is InChI=1S/C16H26N2/c1-13(9-10-17)6-5-11-18-16-12-15(16)14-7-3-2-4-8-14/h2-4,7-8,13,15-16,18H,5-6,9-12,17H2,1H3. The van der Waals surface area contributed by atoms with E-state index in [0.29, 0.717) is 0 Å². The first-order valence-electron chi connectivity index (χ1n) is 7.29. The molecule has 0 radical (unpaired) electrons. The van der Waals surface area contributed by atoms with E-state index < -0.39 is 0 Å². The van der Waals surface area contributed by atoms with Crippen LogP contribution in [0.25, 0.3) is 0 Å². The summed E-state index contributed by atoms with van der Waals surface area (Å²) in [5.74, 6) is 1.54. The highest BCUT2D eigenvalue weighted by Gasteiger charge is 2.37. The highest BCUT2D eigenvalue weighted by molar-refractivity contribution is 5.27. The van der Waals surface area contributed by atoms with Crippen molar-refractivity contribution in [3.05, 3.63) is 35.9 Å². The van der Waals surface area contributed by atoms with Crippen LogP contribution < -0.4 is 11.1 Å². The Balaban J connectivity index is 1.57. The third-order valence-electron chi connectivity index (χ3n) is 3.96. The van der Waals surface area contributed by atoms with Gasteiger partial charge < -0.3 is 11.1 Å². The van der Waals surface area contributed by atoms with E-state index in [0.717, 1.165) is 37.4 Å². The summed E-state index contributed by atoms with van der Waals surface area (Å²) in [6.45, 7) is 4.28. The quantitative estimate of drug-likeness (QED) is 0.692. The molecule has 3 unspecified atom stereocenters. The molecule has 0 spiro atoms. The van der Waals surface area contributed by atoms with Crippen molar-refractivity contribution in [2.45, 2.75) is 44.6 Å². The van der Waals surface area contributed by atoms with Crippen molar-refractivity contribution >= 4 is 0 Å². The monoisotopic (exact) mass is 246 g/mol. The number of nitrogens with one attached hydrogen (secondary N) is 1. The predicted octanol–water partition coefficient (Wildman–Crippen LogP) is 2.90. The summed E-state index contributed by atoms with van der Waals surface area (Å²) in [6.07, 6.45) is 5.05. The van der Waals surface area contributed by atoms with Gasteiger partial charge in [0.1, 0.15) is 0 Å². The van der Waals surface area contributed by atoms with Crippen LogP contribution in [0, 0.1) is 5.92 Å². The van der Waals surface area contributed by atoms with E-state index >= 15 is 0 Å². The van der Waals surface area contributed by atoms with E-state index in [1.165, 1.54) is 24.8 Å². The molecular formula is C16H26N2. The van der Waals surface area contributed by atoms with Crippen molar-refractivity contribution in [3.63, 3.8) is 0 Å². The maximum absolute atomic E-state index is 5.56. The molecule has 0 heterocycles. The van der Waals surface area contributed by atoms with E-state index in [1.54, 1.807) is 0 Å². The van der Waals surface area contributed by atoms with Gasteiger partial charge in [-0.1, -0.05) is 37.3 Å². The van der Waals surface area contributed by atoms with Gasteiger partial charge in [-0.15, -0.1) is 0 Å². The van der Waals surface area contributed by atoms with Crippen molar-refractivity contribution in [1.82, 2.24) is 5.32 Å². The van der Waals surface area contributed by atoms with E-state index in [9.17, 15) is 0 Å². The van der Waals surface area contributed by atoms with Gasteiger partial charge in [-0.05, 0) is 50.3 Å². The minimum absolute atomic E-state index is 0.720. The molecule has 2 heteroatoms. The average Bonchev–Trinajstić information content (AvgIpc) is 3.16. The highest BCUT2D eigenvalue weighted by atomic mass is 15.0. The van der Waals surface area contributed by atoms with Gasteiger partial charge in [-0.25, -0.2) is 0 Å². The summed E-state index contributed by atoms with van der Waals surface area (Å²) in [6, 6.07) is 11.6. The van der Waals surface area contributed by atoms with Gasteiger partial charge in [-0.3, -0.25) is 0 Å². The van der Waals surface area contributed by atoms with E-state index in [-0.39, 0.29) is 0 Å². The van der Waals surface area contributed by atoms with Crippen LogP contribution in [0.2, 0.25) is 0 Å². The van der Waals surface area contributed by atoms with Gasteiger partial charge in [0.25, 0.3) is 0 Å². The topological polar surface area (TPSA) is 38.0 Å². The SMILES string of the molecule is CC(CCN)CCCNC1CC1c1ccccc1. The summed E-state index contributed by atoms with van der Waals surface area (Å²) >= 11 is 0. The zero-order valence-electron chi connectivity index (χ0n) is 11.4. The lowest BCUT2D eigenvalue weighted by Gasteiger charge is -2.10. The van der Waals surface area contributed by atoms with Crippen LogP contribution in [0.15, 0.2) is 30.3 Å². The number of nitrogens with two attached hydrogens (primary N) is 1. The fraction of sp³-hybridized carbons (Fsp3) is 0.625. The number of rotatable bonds is 8. The molecule has 3 N–H and O–H groups in total. The number of hydrogen-bond donors (Lipinski definition) is 2. The second-order valence-corrected chi connectivity index (χ2v) is 5.64. The molecular weight excluding hydrogens is 220 g/mol. The van der Waals surface area contributed by atoms with Crippen molar-refractivity contribution < 1.29 is 0 Å². The fourth-order valence-electron chi connectivity index (χ4n) is 2.66. The van der Waals surface area contributed by atoms with Crippen LogP contribution in [0.1, 0.15) is 44.1 Å². The Morgan fingerprint density at radius 3 is 2.78 bits per heavy atom. The first-order chi connectivity index (χ1) is 8.81. The molecule has 1 aliphatic rings. The molecule has 1 aromatic carbocycles. The highest BCUT2D eigenvalue weighted by Crippen LogP contribution is 2.40. The molecule has 1 aliphatic carbocycles. The molecule has 3 atom stereocenters. The van der Waals surface area contributed by atoms with E-state index in [4.69, 9.17) is 5.73 Å². The van der Waals surface area contributed by atoms with Gasteiger partial charge in [0, 0.05) is 12.0 Å². The summed E-state index contributed by atoms with van der Waals surface area (Å²) in [7, 11) is 0. The zero-order chi connectivity index (χ0) is 12.8. The van der Waals surface area contributed by atoms with Crippen LogP contribution in [0.3, 0.4) is 0 Å². The molecule has 1 aromatic rings. The van der Waals surface area contributed by atoms with Gasteiger partial charge in [0.2, 0.25) is 0 Å². The summed E-state index contributed by atoms with van der Waals surface area (Å²) in [5, 5.41) is 3.67. The molecule has 0 aliphatic heterocycles. The summed E-state index contributed by atoms with van der Waals surface area (Å²) < 4.78 is 0. The zero-order valence-corrected chi connectivity index (χ0v) is 11.4. The predicted molar refractivity (Wildman–Crippen MR) is 77.7 cm³/mol. The largest absolute Gasteiger partial charge is 0.330 e. The number of hydrogen-bond acceptors (Lipinski definition) is 2. The van der Waals surface area contributed by atoms with Crippen molar-refractivity contribution in [3.8, 4) is 0 Å². The molecule has 2 nitrogen and oxygen atoms in total. The first kappa shape index (κ1) is 13.6. The van der Waals surface area contributed by atoms with Crippen LogP contribution in [-0.2, 0) is 0 Å². The van der Waals surface area contributed by atoms with Gasteiger partial charge in [0.05, 0.1) is 0 Å². The number of benzene rings is 1. The third kappa shape index (κ3) is 4.11. The van der Waals surface area contributed by atoms with E-state index in [2.05, 4.69) is 42.6 Å². The van der Waals surface area contributed by atoms with Crippen LogP contribution in [-0.4, -0.2) is 19.1 Å². The fourth-order valence-corrected chi connectivity index (χ4v) is 2.66.